The van der Waals surface area contributed by atoms with Crippen LogP contribution in [0.4, 0.5) is 0 Å². The molecule has 0 aromatic heterocycles. The van der Waals surface area contributed by atoms with Crippen LogP contribution in [0.15, 0.2) is 12.2 Å². The molecule has 7 nitrogen and oxygen atoms in total. The Hall–Kier alpha value is -1.89. The monoisotopic (exact) mass is 421 g/mol. The summed E-state index contributed by atoms with van der Waals surface area (Å²) in [6, 6.07) is -1.23. The lowest BCUT2D eigenvalue weighted by Gasteiger charge is -2.35. The Kier molecular flexibility index (Phi) is 8.47. The van der Waals surface area contributed by atoms with E-state index in [4.69, 9.17) is 0 Å². The van der Waals surface area contributed by atoms with E-state index in [1.54, 1.807) is 11.9 Å². The van der Waals surface area contributed by atoms with Crippen LogP contribution in [0.5, 0.6) is 0 Å². The number of carbonyl (C=O) groups is 3. The fourth-order valence-corrected chi connectivity index (χ4v) is 5.16. The zero-order chi connectivity index (χ0) is 22.6. The summed E-state index contributed by atoms with van der Waals surface area (Å²) >= 11 is 0. The lowest BCUT2D eigenvalue weighted by atomic mass is 9.68. The highest BCUT2D eigenvalue weighted by molar-refractivity contribution is 5.97. The number of carbonyl (C=O) groups excluding carboxylic acids is 3. The highest BCUT2D eigenvalue weighted by Crippen LogP contribution is 2.46. The van der Waals surface area contributed by atoms with Gasteiger partial charge in [-0.3, -0.25) is 14.4 Å². The molecule has 1 fully saturated rings. The summed E-state index contributed by atoms with van der Waals surface area (Å²) in [5.41, 5.74) is 0. The van der Waals surface area contributed by atoms with Gasteiger partial charge in [-0.05, 0) is 38.5 Å². The molecular formula is C23H39N3O4. The maximum absolute atomic E-state index is 13.7. The van der Waals surface area contributed by atoms with Crippen LogP contribution >= 0.6 is 0 Å². The number of amides is 3. The van der Waals surface area contributed by atoms with Gasteiger partial charge >= 0.3 is 0 Å². The first-order chi connectivity index (χ1) is 14.2. The van der Waals surface area contributed by atoms with E-state index in [-0.39, 0.29) is 48.1 Å². The molecule has 0 aromatic rings. The Morgan fingerprint density at radius 1 is 1.17 bits per heavy atom. The Balaban J connectivity index is 2.53. The first-order valence-corrected chi connectivity index (χ1v) is 11.3. The lowest BCUT2D eigenvalue weighted by Crippen LogP contribution is -2.53. The Morgan fingerprint density at radius 3 is 2.33 bits per heavy atom. The number of aliphatic hydroxyl groups is 1. The minimum absolute atomic E-state index is 0.0356. The van der Waals surface area contributed by atoms with E-state index >= 15 is 0 Å². The third-order valence-corrected chi connectivity index (χ3v) is 6.27. The molecule has 1 saturated heterocycles. The molecule has 1 aliphatic carbocycles. The first-order valence-electron chi connectivity index (χ1n) is 11.3. The summed E-state index contributed by atoms with van der Waals surface area (Å²) < 4.78 is 0. The van der Waals surface area contributed by atoms with Gasteiger partial charge in [-0.2, -0.15) is 0 Å². The van der Waals surface area contributed by atoms with Crippen LogP contribution in [-0.4, -0.2) is 59.5 Å². The first kappa shape index (κ1) is 24.4. The van der Waals surface area contributed by atoms with E-state index in [9.17, 15) is 19.5 Å². The topological polar surface area (TPSA) is 98.7 Å². The summed E-state index contributed by atoms with van der Waals surface area (Å²) in [5.74, 6) is -1.82. The maximum atomic E-state index is 13.7. The van der Waals surface area contributed by atoms with E-state index in [2.05, 4.69) is 17.6 Å². The van der Waals surface area contributed by atoms with Crippen molar-refractivity contribution < 1.29 is 19.5 Å². The molecule has 170 valence electrons. The van der Waals surface area contributed by atoms with Crippen LogP contribution in [0.1, 0.15) is 53.9 Å². The molecule has 0 unspecified atom stereocenters. The van der Waals surface area contributed by atoms with Gasteiger partial charge in [-0.25, -0.2) is 0 Å². The predicted molar refractivity (Wildman–Crippen MR) is 116 cm³/mol. The zero-order valence-corrected chi connectivity index (χ0v) is 19.2. The molecule has 3 N–H and O–H groups in total. The number of allylic oxidation sites excluding steroid dienone is 1. The highest BCUT2D eigenvalue weighted by Gasteiger charge is 2.58. The van der Waals surface area contributed by atoms with Crippen molar-refractivity contribution in [3.8, 4) is 0 Å². The second-order valence-electron chi connectivity index (χ2n) is 9.40. The standard InChI is InChI=1S/C23H39N3O4/c1-7-8-15-9-10-17-19(18(15)21(28)24-6)23(30)26(16(12-27)11-13(2)3)20(17)22(29)25-14(4)5/h9-10,13-20,27H,7-8,11-12H2,1-6H3,(H,24,28)(H,25,29)/t15-,16-,17+,18-,19-,20+/m1/s1. The zero-order valence-electron chi connectivity index (χ0n) is 19.2. The van der Waals surface area contributed by atoms with Gasteiger partial charge in [0.1, 0.15) is 6.04 Å². The average molecular weight is 422 g/mol. The summed E-state index contributed by atoms with van der Waals surface area (Å²) in [6.07, 6.45) is 6.30. The van der Waals surface area contributed by atoms with Crippen molar-refractivity contribution in [1.82, 2.24) is 15.5 Å². The Bertz CT molecular complexity index is 661. The van der Waals surface area contributed by atoms with Crippen LogP contribution in [-0.2, 0) is 14.4 Å². The Labute approximate surface area is 180 Å². The van der Waals surface area contributed by atoms with Crippen molar-refractivity contribution in [3.63, 3.8) is 0 Å². The molecule has 0 radical (unpaired) electrons. The van der Waals surface area contributed by atoms with Gasteiger partial charge in [0.25, 0.3) is 0 Å². The molecule has 30 heavy (non-hydrogen) atoms. The number of nitrogens with zero attached hydrogens (tertiary/aromatic N) is 1. The van der Waals surface area contributed by atoms with Crippen molar-refractivity contribution in [1.29, 1.82) is 0 Å². The molecule has 0 bridgehead atoms. The third-order valence-electron chi connectivity index (χ3n) is 6.27. The quantitative estimate of drug-likeness (QED) is 0.494. The number of likely N-dealkylation sites (tertiary alicyclic amines) is 1. The number of rotatable bonds is 9. The summed E-state index contributed by atoms with van der Waals surface area (Å²) in [5, 5.41) is 15.8. The molecule has 2 rings (SSSR count). The van der Waals surface area contributed by atoms with Crippen molar-refractivity contribution in [2.45, 2.75) is 72.0 Å². The molecule has 2 aliphatic rings. The average Bonchev–Trinajstić information content (AvgIpc) is 2.97. The highest BCUT2D eigenvalue weighted by atomic mass is 16.3. The lowest BCUT2D eigenvalue weighted by molar-refractivity contribution is -0.143. The van der Waals surface area contributed by atoms with E-state index in [1.807, 2.05) is 39.8 Å². The SMILES string of the molecule is CCC[C@@H]1C=C[C@H]2[C@@H](C(=O)N([C@@H](CO)CC(C)C)[C@@H]2C(=O)NC(C)C)[C@@H]1C(=O)NC. The second kappa shape index (κ2) is 10.4. The minimum Gasteiger partial charge on any atom is -0.394 e. The minimum atomic E-state index is -0.716. The number of nitrogens with one attached hydrogen (secondary N) is 2. The third kappa shape index (κ3) is 4.88. The maximum Gasteiger partial charge on any atom is 0.243 e. The molecular weight excluding hydrogens is 382 g/mol. The van der Waals surface area contributed by atoms with Crippen LogP contribution in [0.3, 0.4) is 0 Å². The van der Waals surface area contributed by atoms with E-state index in [0.29, 0.717) is 6.42 Å². The smallest absolute Gasteiger partial charge is 0.243 e. The largest absolute Gasteiger partial charge is 0.394 e. The van der Waals surface area contributed by atoms with Crippen molar-refractivity contribution in [2.75, 3.05) is 13.7 Å². The van der Waals surface area contributed by atoms with Crippen LogP contribution in [0, 0.1) is 29.6 Å². The number of hydrogen-bond acceptors (Lipinski definition) is 4. The summed E-state index contributed by atoms with van der Waals surface area (Å²) in [4.78, 5) is 41.4. The van der Waals surface area contributed by atoms with Gasteiger partial charge in [0.15, 0.2) is 0 Å². The summed E-state index contributed by atoms with van der Waals surface area (Å²) in [6.45, 7) is 9.69. The van der Waals surface area contributed by atoms with Crippen LogP contribution in [0.25, 0.3) is 0 Å². The molecule has 0 spiro atoms. The predicted octanol–water partition coefficient (Wildman–Crippen LogP) is 1.71. The van der Waals surface area contributed by atoms with Crippen molar-refractivity contribution >= 4 is 17.7 Å². The van der Waals surface area contributed by atoms with Crippen molar-refractivity contribution in [3.05, 3.63) is 12.2 Å². The number of hydrogen-bond donors (Lipinski definition) is 3. The fraction of sp³-hybridized carbons (Fsp3) is 0.783. The molecule has 1 aliphatic heterocycles. The fourth-order valence-electron chi connectivity index (χ4n) is 5.16. The van der Waals surface area contributed by atoms with E-state index < -0.39 is 23.9 Å². The van der Waals surface area contributed by atoms with Crippen LogP contribution < -0.4 is 10.6 Å². The van der Waals surface area contributed by atoms with E-state index in [1.165, 1.54) is 0 Å². The summed E-state index contributed by atoms with van der Waals surface area (Å²) in [7, 11) is 1.59. The number of aliphatic hydroxyl groups excluding tert-OH is 1. The Morgan fingerprint density at radius 2 is 1.83 bits per heavy atom. The van der Waals surface area contributed by atoms with Crippen LogP contribution in [0.2, 0.25) is 0 Å². The molecule has 1 heterocycles. The van der Waals surface area contributed by atoms with Gasteiger partial charge in [-0.1, -0.05) is 39.3 Å². The second-order valence-corrected chi connectivity index (χ2v) is 9.40. The normalized spacial score (nSPS) is 29.3. The number of fused-ring (bicyclic) bond motifs is 1. The van der Waals surface area contributed by atoms with Gasteiger partial charge < -0.3 is 20.6 Å². The van der Waals surface area contributed by atoms with Gasteiger partial charge in [-0.15, -0.1) is 0 Å². The molecule has 6 atom stereocenters. The van der Waals surface area contributed by atoms with Gasteiger partial charge in [0.05, 0.1) is 24.5 Å². The van der Waals surface area contributed by atoms with Crippen molar-refractivity contribution in [2.24, 2.45) is 29.6 Å². The molecule has 0 saturated carbocycles. The van der Waals surface area contributed by atoms with E-state index in [0.717, 1.165) is 12.8 Å². The molecule has 0 aromatic carbocycles. The van der Waals surface area contributed by atoms with Gasteiger partial charge in [0, 0.05) is 19.0 Å². The molecule has 3 amide bonds. The molecule has 7 heteroatoms. The van der Waals surface area contributed by atoms with Gasteiger partial charge in [0.2, 0.25) is 17.7 Å².